The average Bonchev–Trinajstić information content (AvgIpc) is 3.41. The van der Waals surface area contributed by atoms with Crippen LogP contribution in [0.1, 0.15) is 15.9 Å². The van der Waals surface area contributed by atoms with E-state index in [1.807, 2.05) is 91.0 Å². The molecule has 1 amide bonds. The maximum absolute atomic E-state index is 12.9. The number of nitrogens with one attached hydrogen (secondary N) is 1. The highest BCUT2D eigenvalue weighted by atomic mass is 16.5. The van der Waals surface area contributed by atoms with E-state index in [1.165, 1.54) is 0 Å². The van der Waals surface area contributed by atoms with E-state index >= 15 is 0 Å². The van der Waals surface area contributed by atoms with Crippen LogP contribution in [0, 0.1) is 0 Å². The van der Waals surface area contributed by atoms with Gasteiger partial charge in [-0.15, -0.1) is 0 Å². The molecule has 5 aromatic carbocycles. The zero-order chi connectivity index (χ0) is 25.7. The number of oxazole rings is 1. The number of carbonyl (C=O) groups excluding carboxylic acids is 1. The molecule has 5 heteroatoms. The summed E-state index contributed by atoms with van der Waals surface area (Å²) in [6.45, 7) is 0.437. The number of nitrogens with zero attached hydrogens (tertiary/aromatic N) is 1. The highest BCUT2D eigenvalue weighted by Gasteiger charge is 2.12. The Kier molecular flexibility index (Phi) is 6.39. The molecule has 0 saturated carbocycles. The molecule has 0 atom stereocenters. The Morgan fingerprint density at radius 3 is 2.21 bits per heavy atom. The molecule has 6 aromatic rings. The molecular formula is C33H24N2O3. The van der Waals surface area contributed by atoms with E-state index in [9.17, 15) is 4.79 Å². The van der Waals surface area contributed by atoms with Crippen molar-refractivity contribution in [2.75, 3.05) is 5.32 Å². The smallest absolute Gasteiger partial charge is 0.255 e. The summed E-state index contributed by atoms with van der Waals surface area (Å²) in [5.74, 6) is 0.942. The van der Waals surface area contributed by atoms with E-state index in [2.05, 4.69) is 34.6 Å². The first-order chi connectivity index (χ1) is 18.7. The van der Waals surface area contributed by atoms with Crippen molar-refractivity contribution in [3.63, 3.8) is 0 Å². The fourth-order valence-corrected chi connectivity index (χ4v) is 4.24. The molecule has 0 bridgehead atoms. The standard InChI is InChI=1S/C33H24N2O3/c36-32(27-12-7-13-29(20-27)37-22-23-8-3-1-4-9-23)34-28-18-19-31-30(21-28)35-33(38-31)26-16-14-25(15-17-26)24-10-5-2-6-11-24/h1-21H,22H2,(H,34,36). The van der Waals surface area contributed by atoms with Gasteiger partial charge < -0.3 is 14.5 Å². The van der Waals surface area contributed by atoms with Crippen molar-refractivity contribution in [1.29, 1.82) is 0 Å². The molecule has 38 heavy (non-hydrogen) atoms. The maximum atomic E-state index is 12.9. The van der Waals surface area contributed by atoms with Crippen LogP contribution in [0.4, 0.5) is 5.69 Å². The van der Waals surface area contributed by atoms with Gasteiger partial charge in [0.2, 0.25) is 5.89 Å². The van der Waals surface area contributed by atoms with Crippen molar-refractivity contribution in [2.24, 2.45) is 0 Å². The molecule has 1 aromatic heterocycles. The van der Waals surface area contributed by atoms with Gasteiger partial charge in [0.1, 0.15) is 17.9 Å². The minimum absolute atomic E-state index is 0.227. The number of ether oxygens (including phenoxy) is 1. The van der Waals surface area contributed by atoms with Crippen molar-refractivity contribution in [1.82, 2.24) is 4.98 Å². The quantitative estimate of drug-likeness (QED) is 0.243. The molecule has 0 saturated heterocycles. The van der Waals surface area contributed by atoms with Gasteiger partial charge in [-0.25, -0.2) is 4.98 Å². The van der Waals surface area contributed by atoms with E-state index in [1.54, 1.807) is 12.1 Å². The maximum Gasteiger partial charge on any atom is 0.255 e. The first-order valence-corrected chi connectivity index (χ1v) is 12.4. The zero-order valence-corrected chi connectivity index (χ0v) is 20.5. The Morgan fingerprint density at radius 2 is 1.42 bits per heavy atom. The number of benzene rings is 5. The highest BCUT2D eigenvalue weighted by molar-refractivity contribution is 6.05. The molecule has 0 aliphatic heterocycles. The number of rotatable bonds is 7. The van der Waals surface area contributed by atoms with Crippen molar-refractivity contribution in [3.05, 3.63) is 139 Å². The van der Waals surface area contributed by atoms with Crippen molar-refractivity contribution >= 4 is 22.7 Å². The van der Waals surface area contributed by atoms with E-state index in [0.29, 0.717) is 40.6 Å². The number of hydrogen-bond acceptors (Lipinski definition) is 4. The van der Waals surface area contributed by atoms with Crippen LogP contribution < -0.4 is 10.1 Å². The van der Waals surface area contributed by atoms with Gasteiger partial charge in [0, 0.05) is 16.8 Å². The summed E-state index contributed by atoms with van der Waals surface area (Å²) in [4.78, 5) is 17.6. The third kappa shape index (κ3) is 5.18. The molecule has 0 unspecified atom stereocenters. The molecule has 6 rings (SSSR count). The Hall–Kier alpha value is -5.16. The molecule has 0 spiro atoms. The van der Waals surface area contributed by atoms with Gasteiger partial charge in [-0.1, -0.05) is 78.9 Å². The average molecular weight is 497 g/mol. The zero-order valence-electron chi connectivity index (χ0n) is 20.5. The van der Waals surface area contributed by atoms with Crippen LogP contribution in [-0.2, 0) is 6.61 Å². The van der Waals surface area contributed by atoms with Crippen molar-refractivity contribution < 1.29 is 13.9 Å². The minimum atomic E-state index is -0.227. The van der Waals surface area contributed by atoms with Gasteiger partial charge in [0.05, 0.1) is 0 Å². The number of hydrogen-bond donors (Lipinski definition) is 1. The Balaban J connectivity index is 1.15. The molecule has 184 valence electrons. The van der Waals surface area contributed by atoms with Gasteiger partial charge in [0.25, 0.3) is 5.91 Å². The lowest BCUT2D eigenvalue weighted by molar-refractivity contribution is 0.102. The van der Waals surface area contributed by atoms with Crippen LogP contribution in [-0.4, -0.2) is 10.9 Å². The van der Waals surface area contributed by atoms with Crippen LogP contribution in [0.25, 0.3) is 33.7 Å². The summed E-state index contributed by atoms with van der Waals surface area (Å²) < 4.78 is 11.8. The van der Waals surface area contributed by atoms with Crippen LogP contribution in [0.15, 0.2) is 132 Å². The number of aromatic nitrogens is 1. The Labute approximate surface area is 220 Å². The van der Waals surface area contributed by atoms with Crippen LogP contribution >= 0.6 is 0 Å². The third-order valence-corrected chi connectivity index (χ3v) is 6.23. The van der Waals surface area contributed by atoms with E-state index < -0.39 is 0 Å². The summed E-state index contributed by atoms with van der Waals surface area (Å²) >= 11 is 0. The molecule has 0 aliphatic carbocycles. The van der Waals surface area contributed by atoms with Crippen molar-refractivity contribution in [2.45, 2.75) is 6.61 Å². The summed E-state index contributed by atoms with van der Waals surface area (Å²) in [7, 11) is 0. The Bertz CT molecular complexity index is 1690. The fourth-order valence-electron chi connectivity index (χ4n) is 4.24. The highest BCUT2D eigenvalue weighted by Crippen LogP contribution is 2.28. The third-order valence-electron chi connectivity index (χ3n) is 6.23. The predicted octanol–water partition coefficient (Wildman–Crippen LogP) is 7.99. The summed E-state index contributed by atoms with van der Waals surface area (Å²) in [6, 6.07) is 40.8. The molecule has 1 heterocycles. The lowest BCUT2D eigenvalue weighted by Crippen LogP contribution is -2.12. The van der Waals surface area contributed by atoms with Gasteiger partial charge in [0.15, 0.2) is 5.58 Å². The molecule has 0 aliphatic rings. The Morgan fingerprint density at radius 1 is 0.711 bits per heavy atom. The van der Waals surface area contributed by atoms with Gasteiger partial charge in [-0.2, -0.15) is 0 Å². The number of amides is 1. The second kappa shape index (κ2) is 10.4. The normalized spacial score (nSPS) is 10.8. The first-order valence-electron chi connectivity index (χ1n) is 12.4. The number of anilines is 1. The summed E-state index contributed by atoms with van der Waals surface area (Å²) in [6.07, 6.45) is 0. The SMILES string of the molecule is O=C(Nc1ccc2oc(-c3ccc(-c4ccccc4)cc3)nc2c1)c1cccc(OCc2ccccc2)c1. The van der Waals surface area contributed by atoms with Gasteiger partial charge >= 0.3 is 0 Å². The summed E-state index contributed by atoms with van der Waals surface area (Å²) in [5, 5.41) is 2.95. The fraction of sp³-hybridized carbons (Fsp3) is 0.0303. The monoisotopic (exact) mass is 496 g/mol. The lowest BCUT2D eigenvalue weighted by atomic mass is 10.0. The van der Waals surface area contributed by atoms with E-state index in [0.717, 1.165) is 22.3 Å². The van der Waals surface area contributed by atoms with Crippen LogP contribution in [0.5, 0.6) is 5.75 Å². The molecule has 0 fully saturated rings. The topological polar surface area (TPSA) is 64.4 Å². The van der Waals surface area contributed by atoms with Gasteiger partial charge in [-0.3, -0.25) is 4.79 Å². The second-order valence-corrected chi connectivity index (χ2v) is 8.90. The number of carbonyl (C=O) groups is 1. The molecular weight excluding hydrogens is 472 g/mol. The van der Waals surface area contributed by atoms with Gasteiger partial charge in [-0.05, 0) is 65.2 Å². The molecule has 1 N–H and O–H groups in total. The van der Waals surface area contributed by atoms with E-state index in [-0.39, 0.29) is 5.91 Å². The predicted molar refractivity (Wildman–Crippen MR) is 150 cm³/mol. The largest absolute Gasteiger partial charge is 0.489 e. The van der Waals surface area contributed by atoms with E-state index in [4.69, 9.17) is 9.15 Å². The lowest BCUT2D eigenvalue weighted by Gasteiger charge is -2.09. The first kappa shape index (κ1) is 23.3. The van der Waals surface area contributed by atoms with Crippen LogP contribution in [0.2, 0.25) is 0 Å². The molecule has 0 radical (unpaired) electrons. The second-order valence-electron chi connectivity index (χ2n) is 8.90. The summed E-state index contributed by atoms with van der Waals surface area (Å²) in [5.41, 5.74) is 6.71. The number of fused-ring (bicyclic) bond motifs is 1. The van der Waals surface area contributed by atoms with Crippen molar-refractivity contribution in [3.8, 4) is 28.3 Å². The molecule has 5 nitrogen and oxygen atoms in total. The minimum Gasteiger partial charge on any atom is -0.489 e. The van der Waals surface area contributed by atoms with Crippen LogP contribution in [0.3, 0.4) is 0 Å².